The lowest BCUT2D eigenvalue weighted by molar-refractivity contribution is 0.544. The molecule has 1 aromatic carbocycles. The summed E-state index contributed by atoms with van der Waals surface area (Å²) in [6.07, 6.45) is 1.66. The van der Waals surface area contributed by atoms with Crippen LogP contribution >= 0.6 is 15.9 Å². The van der Waals surface area contributed by atoms with Gasteiger partial charge in [0.25, 0.3) is 0 Å². The van der Waals surface area contributed by atoms with E-state index >= 15 is 0 Å². The quantitative estimate of drug-likeness (QED) is 0.732. The maximum atomic E-state index is 12.8. The van der Waals surface area contributed by atoms with Crippen LogP contribution in [-0.4, -0.2) is 9.97 Å². The summed E-state index contributed by atoms with van der Waals surface area (Å²) in [5.41, 5.74) is 1.72. The fourth-order valence-corrected chi connectivity index (χ4v) is 1.95. The number of hydrogen-bond donors (Lipinski definition) is 0. The summed E-state index contributed by atoms with van der Waals surface area (Å²) >= 11 is 3.39. The minimum Gasteiger partial charge on any atom is -0.210 e. The molecule has 0 aliphatic rings. The van der Waals surface area contributed by atoms with Crippen molar-refractivity contribution in [1.29, 1.82) is 0 Å². The average molecular weight is 255 g/mol. The molecule has 0 saturated carbocycles. The van der Waals surface area contributed by atoms with Crippen LogP contribution < -0.4 is 0 Å². The van der Waals surface area contributed by atoms with E-state index in [1.165, 1.54) is 6.20 Å². The van der Waals surface area contributed by atoms with Gasteiger partial charge in [0.05, 0.1) is 5.52 Å². The first-order chi connectivity index (χ1) is 6.70. The highest BCUT2D eigenvalue weighted by Gasteiger charge is 2.04. The van der Waals surface area contributed by atoms with Gasteiger partial charge in [0.15, 0.2) is 0 Å². The lowest BCUT2D eigenvalue weighted by atomic mass is 10.1. The number of aryl methyl sites for hydroxylation is 1. The highest BCUT2D eigenvalue weighted by Crippen LogP contribution is 2.22. The molecule has 1 heterocycles. The SMILES string of the molecule is CCc1cc(Br)cc2cnc(F)nc12. The molecule has 0 spiro atoms. The fraction of sp³-hybridized carbons (Fsp3) is 0.200. The van der Waals surface area contributed by atoms with Gasteiger partial charge in [-0.25, -0.2) is 9.97 Å². The van der Waals surface area contributed by atoms with Crippen LogP contribution in [0.5, 0.6) is 0 Å². The summed E-state index contributed by atoms with van der Waals surface area (Å²) in [7, 11) is 0. The van der Waals surface area contributed by atoms with Crippen LogP contribution in [0.15, 0.2) is 22.8 Å². The molecule has 2 nitrogen and oxygen atoms in total. The van der Waals surface area contributed by atoms with Gasteiger partial charge in [-0.1, -0.05) is 22.9 Å². The molecule has 0 fully saturated rings. The van der Waals surface area contributed by atoms with Crippen molar-refractivity contribution in [2.75, 3.05) is 0 Å². The van der Waals surface area contributed by atoms with Crippen molar-refractivity contribution in [3.8, 4) is 0 Å². The van der Waals surface area contributed by atoms with Crippen LogP contribution in [0.2, 0.25) is 0 Å². The molecular formula is C10H8BrFN2. The van der Waals surface area contributed by atoms with E-state index in [-0.39, 0.29) is 0 Å². The Hall–Kier alpha value is -1.03. The fourth-order valence-electron chi connectivity index (χ4n) is 1.43. The molecule has 0 atom stereocenters. The molecule has 0 saturated heterocycles. The van der Waals surface area contributed by atoms with E-state index in [9.17, 15) is 4.39 Å². The van der Waals surface area contributed by atoms with Crippen molar-refractivity contribution in [1.82, 2.24) is 9.97 Å². The summed E-state index contributed by atoms with van der Waals surface area (Å²) in [4.78, 5) is 7.31. The van der Waals surface area contributed by atoms with Crippen molar-refractivity contribution < 1.29 is 4.39 Å². The van der Waals surface area contributed by atoms with E-state index in [0.29, 0.717) is 5.52 Å². The molecule has 0 N–H and O–H groups in total. The Labute approximate surface area is 89.3 Å². The van der Waals surface area contributed by atoms with Gasteiger partial charge in [0.2, 0.25) is 0 Å². The molecule has 72 valence electrons. The number of fused-ring (bicyclic) bond motifs is 1. The molecule has 2 aromatic rings. The summed E-state index contributed by atoms with van der Waals surface area (Å²) in [6.45, 7) is 2.02. The second-order valence-electron chi connectivity index (χ2n) is 3.00. The number of hydrogen-bond acceptors (Lipinski definition) is 2. The van der Waals surface area contributed by atoms with Crippen LogP contribution in [0, 0.1) is 6.08 Å². The number of aromatic nitrogens is 2. The normalized spacial score (nSPS) is 10.8. The minimum absolute atomic E-state index is 0.672. The first-order valence-electron chi connectivity index (χ1n) is 4.31. The lowest BCUT2D eigenvalue weighted by Gasteiger charge is -2.03. The third kappa shape index (κ3) is 1.62. The molecule has 0 unspecified atom stereocenters. The zero-order valence-electron chi connectivity index (χ0n) is 7.59. The van der Waals surface area contributed by atoms with Crippen LogP contribution in [0.4, 0.5) is 4.39 Å². The van der Waals surface area contributed by atoms with Crippen molar-refractivity contribution in [2.45, 2.75) is 13.3 Å². The first-order valence-corrected chi connectivity index (χ1v) is 5.10. The van der Waals surface area contributed by atoms with Gasteiger partial charge in [0.1, 0.15) is 0 Å². The Morgan fingerprint density at radius 2 is 2.21 bits per heavy atom. The largest absolute Gasteiger partial charge is 0.309 e. The zero-order valence-corrected chi connectivity index (χ0v) is 9.18. The summed E-state index contributed by atoms with van der Waals surface area (Å²) in [5.74, 6) is 0. The van der Waals surface area contributed by atoms with Gasteiger partial charge in [-0.15, -0.1) is 0 Å². The van der Waals surface area contributed by atoms with Gasteiger partial charge in [-0.05, 0) is 24.1 Å². The Morgan fingerprint density at radius 1 is 1.43 bits per heavy atom. The smallest absolute Gasteiger partial charge is 0.210 e. The minimum atomic E-state index is -0.672. The third-order valence-electron chi connectivity index (χ3n) is 2.08. The first kappa shape index (κ1) is 9.52. The monoisotopic (exact) mass is 254 g/mol. The summed E-state index contributed by atoms with van der Waals surface area (Å²) < 4.78 is 13.8. The Balaban J connectivity index is 2.81. The Bertz CT molecular complexity index is 485. The van der Waals surface area contributed by atoms with Gasteiger partial charge in [0, 0.05) is 16.1 Å². The van der Waals surface area contributed by atoms with E-state index < -0.39 is 6.08 Å². The zero-order chi connectivity index (χ0) is 10.1. The molecule has 14 heavy (non-hydrogen) atoms. The third-order valence-corrected chi connectivity index (χ3v) is 2.54. The van der Waals surface area contributed by atoms with Crippen molar-refractivity contribution in [3.05, 3.63) is 34.4 Å². The molecule has 4 heteroatoms. The Morgan fingerprint density at radius 3 is 2.93 bits per heavy atom. The molecule has 0 aliphatic heterocycles. The molecule has 2 rings (SSSR count). The number of rotatable bonds is 1. The van der Waals surface area contributed by atoms with Gasteiger partial charge in [-0.3, -0.25) is 0 Å². The maximum absolute atomic E-state index is 12.8. The highest BCUT2D eigenvalue weighted by molar-refractivity contribution is 9.10. The molecule has 0 bridgehead atoms. The maximum Gasteiger partial charge on any atom is 0.309 e. The molecular weight excluding hydrogens is 247 g/mol. The topological polar surface area (TPSA) is 25.8 Å². The predicted molar refractivity (Wildman–Crippen MR) is 56.6 cm³/mol. The van der Waals surface area contributed by atoms with Gasteiger partial charge in [-0.2, -0.15) is 4.39 Å². The van der Waals surface area contributed by atoms with Crippen molar-refractivity contribution in [3.63, 3.8) is 0 Å². The number of halogens is 2. The van der Waals surface area contributed by atoms with E-state index in [1.54, 1.807) is 0 Å². The van der Waals surface area contributed by atoms with Crippen molar-refractivity contribution >= 4 is 26.8 Å². The Kier molecular flexibility index (Phi) is 2.46. The van der Waals surface area contributed by atoms with Crippen molar-refractivity contribution in [2.24, 2.45) is 0 Å². The van der Waals surface area contributed by atoms with E-state index in [4.69, 9.17) is 0 Å². The van der Waals surface area contributed by atoms with E-state index in [0.717, 1.165) is 21.8 Å². The number of nitrogens with zero attached hydrogens (tertiary/aromatic N) is 2. The van der Waals surface area contributed by atoms with Crippen LogP contribution in [0.1, 0.15) is 12.5 Å². The van der Waals surface area contributed by atoms with Gasteiger partial charge < -0.3 is 0 Å². The van der Waals surface area contributed by atoms with E-state index in [2.05, 4.69) is 25.9 Å². The second kappa shape index (κ2) is 3.61. The molecule has 1 aromatic heterocycles. The second-order valence-corrected chi connectivity index (χ2v) is 3.91. The average Bonchev–Trinajstić information content (AvgIpc) is 2.17. The lowest BCUT2D eigenvalue weighted by Crippen LogP contribution is -1.93. The summed E-state index contributed by atoms with van der Waals surface area (Å²) in [6, 6.07) is 3.84. The molecule has 0 amide bonds. The number of benzene rings is 1. The van der Waals surface area contributed by atoms with Crippen LogP contribution in [-0.2, 0) is 6.42 Å². The van der Waals surface area contributed by atoms with Gasteiger partial charge >= 0.3 is 6.08 Å². The highest BCUT2D eigenvalue weighted by atomic mass is 79.9. The molecule has 0 aliphatic carbocycles. The predicted octanol–water partition coefficient (Wildman–Crippen LogP) is 3.09. The summed E-state index contributed by atoms with van der Waals surface area (Å²) in [5, 5.41) is 0.859. The van der Waals surface area contributed by atoms with Crippen LogP contribution in [0.25, 0.3) is 10.9 Å². The standard InChI is InChI=1S/C10H8BrFN2/c1-2-6-3-8(11)4-7-5-13-10(12)14-9(6)7/h3-5H,2H2,1H3. The molecule has 0 radical (unpaired) electrons. The van der Waals surface area contributed by atoms with E-state index in [1.807, 2.05) is 19.1 Å². The van der Waals surface area contributed by atoms with Crippen LogP contribution in [0.3, 0.4) is 0 Å².